The number of benzene rings is 1. The average molecular weight is 366 g/mol. The predicted octanol–water partition coefficient (Wildman–Crippen LogP) is 3.97. The first-order chi connectivity index (χ1) is 12.0. The first-order valence-corrected chi connectivity index (χ1v) is 9.32. The summed E-state index contributed by atoms with van der Waals surface area (Å²) in [6.07, 6.45) is 4.27. The number of halogens is 1. The van der Waals surface area contributed by atoms with E-state index < -0.39 is 5.41 Å². The molecule has 0 saturated heterocycles. The molecule has 5 nitrogen and oxygen atoms in total. The molecule has 25 heavy (non-hydrogen) atoms. The van der Waals surface area contributed by atoms with E-state index in [2.05, 4.69) is 5.32 Å². The minimum atomic E-state index is -0.509. The van der Waals surface area contributed by atoms with Crippen molar-refractivity contribution in [3.05, 3.63) is 34.9 Å². The standard InChI is InChI=1S/C19H24ClNO4/c1-2-24-18(23)21-15-6-8-16(9-7-15)25-17(22)19(10-11-19)13-4-3-5-14(20)12-13/h3-5,12,15-16H,2,6-11H2,1H3,(H,21,23). The molecule has 3 rings (SSSR count). The van der Waals surface area contributed by atoms with Crippen LogP contribution in [0.4, 0.5) is 4.79 Å². The molecule has 2 aliphatic rings. The molecular formula is C19H24ClNO4. The Morgan fingerprint density at radius 1 is 1.24 bits per heavy atom. The fraction of sp³-hybridized carbons (Fsp3) is 0.579. The van der Waals surface area contributed by atoms with Crippen LogP contribution in [0.2, 0.25) is 5.02 Å². The lowest BCUT2D eigenvalue weighted by Gasteiger charge is -2.29. The molecule has 0 aromatic heterocycles. The first kappa shape index (κ1) is 18.1. The number of hydrogen-bond donors (Lipinski definition) is 1. The van der Waals surface area contributed by atoms with Gasteiger partial charge in [0.05, 0.1) is 12.0 Å². The lowest BCUT2D eigenvalue weighted by molar-refractivity contribution is -0.154. The highest BCUT2D eigenvalue weighted by molar-refractivity contribution is 6.30. The van der Waals surface area contributed by atoms with Crippen molar-refractivity contribution < 1.29 is 19.1 Å². The molecule has 0 bridgehead atoms. The van der Waals surface area contributed by atoms with Gasteiger partial charge in [-0.2, -0.15) is 0 Å². The van der Waals surface area contributed by atoms with Crippen LogP contribution in [0.15, 0.2) is 24.3 Å². The molecule has 0 radical (unpaired) electrons. The molecule has 1 aromatic carbocycles. The van der Waals surface area contributed by atoms with Crippen LogP contribution in [-0.2, 0) is 19.7 Å². The van der Waals surface area contributed by atoms with Gasteiger partial charge < -0.3 is 14.8 Å². The summed E-state index contributed by atoms with van der Waals surface area (Å²) in [6.45, 7) is 2.15. The molecule has 0 spiro atoms. The van der Waals surface area contributed by atoms with Crippen LogP contribution in [-0.4, -0.2) is 30.8 Å². The number of alkyl carbamates (subject to hydrolysis) is 1. The maximum atomic E-state index is 12.7. The summed E-state index contributed by atoms with van der Waals surface area (Å²) in [5, 5.41) is 3.49. The van der Waals surface area contributed by atoms with E-state index in [-0.39, 0.29) is 24.2 Å². The number of rotatable bonds is 5. The number of hydrogen-bond acceptors (Lipinski definition) is 4. The lowest BCUT2D eigenvalue weighted by Crippen LogP contribution is -2.40. The SMILES string of the molecule is CCOC(=O)NC1CCC(OC(=O)C2(c3cccc(Cl)c3)CC2)CC1. The summed E-state index contributed by atoms with van der Waals surface area (Å²) >= 11 is 6.06. The second kappa shape index (κ2) is 7.65. The van der Waals surface area contributed by atoms with Gasteiger partial charge in [0.1, 0.15) is 6.10 Å². The summed E-state index contributed by atoms with van der Waals surface area (Å²) in [6, 6.07) is 7.58. The van der Waals surface area contributed by atoms with Gasteiger partial charge in [-0.1, -0.05) is 23.7 Å². The summed E-state index contributed by atoms with van der Waals surface area (Å²) < 4.78 is 10.7. The molecule has 1 aromatic rings. The van der Waals surface area contributed by atoms with Gasteiger partial charge in [0, 0.05) is 11.1 Å². The number of amides is 1. The third-order valence-corrected chi connectivity index (χ3v) is 5.30. The van der Waals surface area contributed by atoms with E-state index in [1.807, 2.05) is 24.3 Å². The van der Waals surface area contributed by atoms with Crippen molar-refractivity contribution in [3.8, 4) is 0 Å². The first-order valence-electron chi connectivity index (χ1n) is 8.94. The van der Waals surface area contributed by atoms with Crippen LogP contribution in [0.5, 0.6) is 0 Å². The zero-order valence-electron chi connectivity index (χ0n) is 14.4. The van der Waals surface area contributed by atoms with Crippen LogP contribution in [0.3, 0.4) is 0 Å². The molecule has 2 saturated carbocycles. The highest BCUT2D eigenvalue weighted by Gasteiger charge is 2.53. The van der Waals surface area contributed by atoms with Gasteiger partial charge in [0.2, 0.25) is 0 Å². The second-order valence-electron chi connectivity index (χ2n) is 6.84. The maximum absolute atomic E-state index is 12.7. The van der Waals surface area contributed by atoms with Crippen molar-refractivity contribution in [1.29, 1.82) is 0 Å². The van der Waals surface area contributed by atoms with Crippen molar-refractivity contribution in [3.63, 3.8) is 0 Å². The molecule has 0 unspecified atom stereocenters. The minimum Gasteiger partial charge on any atom is -0.462 e. The smallest absolute Gasteiger partial charge is 0.407 e. The molecular weight excluding hydrogens is 342 g/mol. The van der Waals surface area contributed by atoms with Crippen molar-refractivity contribution in [2.45, 2.75) is 63.0 Å². The molecule has 2 aliphatic carbocycles. The van der Waals surface area contributed by atoms with Gasteiger partial charge in [-0.25, -0.2) is 4.79 Å². The van der Waals surface area contributed by atoms with Crippen LogP contribution in [0.1, 0.15) is 51.0 Å². The Bertz CT molecular complexity index is 636. The topological polar surface area (TPSA) is 64.6 Å². The summed E-state index contributed by atoms with van der Waals surface area (Å²) in [4.78, 5) is 24.2. The van der Waals surface area contributed by atoms with Crippen LogP contribution in [0, 0.1) is 0 Å². The third-order valence-electron chi connectivity index (χ3n) is 5.06. The van der Waals surface area contributed by atoms with Gasteiger partial charge in [0.25, 0.3) is 0 Å². The van der Waals surface area contributed by atoms with Crippen LogP contribution >= 0.6 is 11.6 Å². The Morgan fingerprint density at radius 3 is 2.56 bits per heavy atom. The molecule has 1 amide bonds. The minimum absolute atomic E-state index is 0.0793. The number of ether oxygens (including phenoxy) is 2. The van der Waals surface area contributed by atoms with E-state index in [1.165, 1.54) is 0 Å². The van der Waals surface area contributed by atoms with Crippen LogP contribution < -0.4 is 5.32 Å². The van der Waals surface area contributed by atoms with E-state index >= 15 is 0 Å². The molecule has 0 aliphatic heterocycles. The summed E-state index contributed by atoms with van der Waals surface area (Å²) in [5.41, 5.74) is 0.438. The van der Waals surface area contributed by atoms with Crippen LogP contribution in [0.25, 0.3) is 0 Å². The Kier molecular flexibility index (Phi) is 5.52. The van der Waals surface area contributed by atoms with Gasteiger partial charge >= 0.3 is 12.1 Å². The van der Waals surface area contributed by atoms with Crippen molar-refractivity contribution in [2.24, 2.45) is 0 Å². The summed E-state index contributed by atoms with van der Waals surface area (Å²) in [5.74, 6) is -0.142. The largest absolute Gasteiger partial charge is 0.462 e. The van der Waals surface area contributed by atoms with Gasteiger partial charge in [-0.15, -0.1) is 0 Å². The molecule has 2 fully saturated rings. The summed E-state index contributed by atoms with van der Waals surface area (Å²) in [7, 11) is 0. The molecule has 136 valence electrons. The highest BCUT2D eigenvalue weighted by atomic mass is 35.5. The van der Waals surface area contributed by atoms with Gasteiger partial charge in [-0.3, -0.25) is 4.79 Å². The average Bonchev–Trinajstić information content (AvgIpc) is 3.39. The number of nitrogens with one attached hydrogen (secondary N) is 1. The maximum Gasteiger partial charge on any atom is 0.407 e. The van der Waals surface area contributed by atoms with E-state index in [9.17, 15) is 9.59 Å². The third kappa shape index (κ3) is 4.27. The Morgan fingerprint density at radius 2 is 1.96 bits per heavy atom. The Hall–Kier alpha value is -1.75. The fourth-order valence-electron chi connectivity index (χ4n) is 3.45. The predicted molar refractivity (Wildman–Crippen MR) is 94.7 cm³/mol. The molecule has 0 heterocycles. The normalized spacial score (nSPS) is 24.2. The fourth-order valence-corrected chi connectivity index (χ4v) is 3.64. The molecule has 0 atom stereocenters. The van der Waals surface area contributed by atoms with E-state index in [0.717, 1.165) is 44.1 Å². The number of esters is 1. The monoisotopic (exact) mass is 365 g/mol. The highest BCUT2D eigenvalue weighted by Crippen LogP contribution is 2.50. The quantitative estimate of drug-likeness (QED) is 0.802. The zero-order valence-corrected chi connectivity index (χ0v) is 15.2. The molecule has 6 heteroatoms. The van der Waals surface area contributed by atoms with Gasteiger partial charge in [-0.05, 0) is 63.1 Å². The van der Waals surface area contributed by atoms with Gasteiger partial charge in [0.15, 0.2) is 0 Å². The van der Waals surface area contributed by atoms with Crippen molar-refractivity contribution in [1.82, 2.24) is 5.32 Å². The van der Waals surface area contributed by atoms with Crippen molar-refractivity contribution >= 4 is 23.7 Å². The second-order valence-corrected chi connectivity index (χ2v) is 7.27. The number of carbonyl (C=O) groups excluding carboxylic acids is 2. The van der Waals surface area contributed by atoms with E-state index in [1.54, 1.807) is 6.92 Å². The van der Waals surface area contributed by atoms with E-state index in [4.69, 9.17) is 21.1 Å². The van der Waals surface area contributed by atoms with E-state index in [0.29, 0.717) is 11.6 Å². The zero-order chi connectivity index (χ0) is 17.9. The molecule has 1 N–H and O–H groups in total. The van der Waals surface area contributed by atoms with Crippen molar-refractivity contribution in [2.75, 3.05) is 6.61 Å². The Balaban J connectivity index is 1.51. The lowest BCUT2D eigenvalue weighted by atomic mass is 9.92. The Labute approximate surface area is 153 Å². The number of carbonyl (C=O) groups is 2.